The van der Waals surface area contributed by atoms with Gasteiger partial charge in [0.2, 0.25) is 0 Å². The smallest absolute Gasteiger partial charge is 0.0481 e. The fraction of sp³-hybridized carbons (Fsp3) is 0.529. The van der Waals surface area contributed by atoms with Gasteiger partial charge in [-0.3, -0.25) is 4.90 Å². The Labute approximate surface area is 116 Å². The highest BCUT2D eigenvalue weighted by Crippen LogP contribution is 2.24. The molecule has 0 bridgehead atoms. The molecule has 1 aromatic carbocycles. The number of hydrogen-bond acceptors (Lipinski definition) is 1. The second-order valence-corrected chi connectivity index (χ2v) is 5.98. The van der Waals surface area contributed by atoms with Crippen molar-refractivity contribution in [3.8, 4) is 0 Å². The Bertz CT molecular complexity index is 560. The van der Waals surface area contributed by atoms with Crippen molar-refractivity contribution in [2.45, 2.75) is 39.2 Å². The summed E-state index contributed by atoms with van der Waals surface area (Å²) in [6.45, 7) is 5.83. The third-order valence-corrected chi connectivity index (χ3v) is 4.32. The van der Waals surface area contributed by atoms with Gasteiger partial charge in [-0.15, -0.1) is 0 Å². The zero-order valence-electron chi connectivity index (χ0n) is 12.2. The van der Waals surface area contributed by atoms with E-state index in [2.05, 4.69) is 47.8 Å². The largest absolute Gasteiger partial charge is 0.350 e. The van der Waals surface area contributed by atoms with Crippen LogP contribution in [0.15, 0.2) is 24.4 Å². The summed E-state index contributed by atoms with van der Waals surface area (Å²) in [5.41, 5.74) is 4.20. The van der Waals surface area contributed by atoms with Gasteiger partial charge in [-0.1, -0.05) is 24.5 Å². The first-order valence-electron chi connectivity index (χ1n) is 7.51. The highest BCUT2D eigenvalue weighted by Gasteiger charge is 2.13. The van der Waals surface area contributed by atoms with Crippen LogP contribution in [0, 0.1) is 6.92 Å². The predicted molar refractivity (Wildman–Crippen MR) is 81.4 cm³/mol. The van der Waals surface area contributed by atoms with Gasteiger partial charge < -0.3 is 4.57 Å². The molecule has 1 saturated heterocycles. The summed E-state index contributed by atoms with van der Waals surface area (Å²) in [5, 5.41) is 1.44. The molecule has 1 aromatic heterocycles. The summed E-state index contributed by atoms with van der Waals surface area (Å²) in [7, 11) is 2.16. The molecule has 102 valence electrons. The van der Waals surface area contributed by atoms with Crippen molar-refractivity contribution in [3.63, 3.8) is 0 Å². The van der Waals surface area contributed by atoms with Crippen molar-refractivity contribution in [2.75, 3.05) is 13.1 Å². The monoisotopic (exact) mass is 256 g/mol. The van der Waals surface area contributed by atoms with Crippen molar-refractivity contribution in [2.24, 2.45) is 7.05 Å². The van der Waals surface area contributed by atoms with Crippen LogP contribution in [-0.4, -0.2) is 22.6 Å². The Morgan fingerprint density at radius 3 is 2.53 bits per heavy atom. The van der Waals surface area contributed by atoms with Crippen LogP contribution in [0.2, 0.25) is 0 Å². The molecule has 1 fully saturated rings. The van der Waals surface area contributed by atoms with Crippen LogP contribution in [0.3, 0.4) is 0 Å². The van der Waals surface area contributed by atoms with Crippen molar-refractivity contribution in [3.05, 3.63) is 35.5 Å². The normalized spacial score (nSPS) is 17.8. The molecule has 0 unspecified atom stereocenters. The van der Waals surface area contributed by atoms with Crippen LogP contribution in [0.25, 0.3) is 10.9 Å². The molecular weight excluding hydrogens is 232 g/mol. The van der Waals surface area contributed by atoms with E-state index in [-0.39, 0.29) is 0 Å². The number of aryl methyl sites for hydroxylation is 2. The lowest BCUT2D eigenvalue weighted by Crippen LogP contribution is -2.23. The molecule has 0 spiro atoms. The van der Waals surface area contributed by atoms with E-state index in [0.29, 0.717) is 0 Å². The fourth-order valence-corrected chi connectivity index (χ4v) is 3.25. The Balaban J connectivity index is 1.89. The van der Waals surface area contributed by atoms with Crippen LogP contribution in [-0.2, 0) is 13.6 Å². The van der Waals surface area contributed by atoms with Crippen LogP contribution in [0.4, 0.5) is 0 Å². The van der Waals surface area contributed by atoms with Crippen molar-refractivity contribution in [1.82, 2.24) is 9.47 Å². The number of aromatic nitrogens is 1. The van der Waals surface area contributed by atoms with Gasteiger partial charge in [0.1, 0.15) is 0 Å². The van der Waals surface area contributed by atoms with Crippen LogP contribution in [0.1, 0.15) is 36.8 Å². The number of benzene rings is 1. The maximum absolute atomic E-state index is 2.63. The fourth-order valence-electron chi connectivity index (χ4n) is 3.25. The summed E-state index contributed by atoms with van der Waals surface area (Å²) in [6, 6.07) is 6.79. The topological polar surface area (TPSA) is 8.17 Å². The van der Waals surface area contributed by atoms with Gasteiger partial charge in [-0.05, 0) is 50.6 Å². The highest BCUT2D eigenvalue weighted by atomic mass is 15.1. The Morgan fingerprint density at radius 2 is 1.79 bits per heavy atom. The Hall–Kier alpha value is -1.28. The Morgan fingerprint density at radius 1 is 1.05 bits per heavy atom. The lowest BCUT2D eigenvalue weighted by atomic mass is 10.1. The average molecular weight is 256 g/mol. The van der Waals surface area contributed by atoms with Crippen LogP contribution >= 0.6 is 0 Å². The van der Waals surface area contributed by atoms with E-state index in [4.69, 9.17) is 0 Å². The van der Waals surface area contributed by atoms with Crippen LogP contribution < -0.4 is 0 Å². The second kappa shape index (κ2) is 5.38. The molecule has 1 aliphatic heterocycles. The summed E-state index contributed by atoms with van der Waals surface area (Å²) >= 11 is 0. The molecule has 0 radical (unpaired) electrons. The molecule has 0 N–H and O–H groups in total. The summed E-state index contributed by atoms with van der Waals surface area (Å²) in [4.78, 5) is 2.63. The molecule has 0 saturated carbocycles. The van der Waals surface area contributed by atoms with Gasteiger partial charge in [-0.25, -0.2) is 0 Å². The molecule has 19 heavy (non-hydrogen) atoms. The molecular formula is C17H24N2. The van der Waals surface area contributed by atoms with E-state index in [1.54, 1.807) is 0 Å². The third kappa shape index (κ3) is 2.69. The van der Waals surface area contributed by atoms with Crippen molar-refractivity contribution >= 4 is 10.9 Å². The average Bonchev–Trinajstić information content (AvgIpc) is 2.58. The number of rotatable bonds is 2. The van der Waals surface area contributed by atoms with Crippen molar-refractivity contribution in [1.29, 1.82) is 0 Å². The second-order valence-electron chi connectivity index (χ2n) is 5.98. The minimum atomic E-state index is 1.11. The number of nitrogens with zero attached hydrogens (tertiary/aromatic N) is 2. The summed E-state index contributed by atoms with van der Waals surface area (Å²) in [6.07, 6.45) is 7.86. The molecule has 0 aliphatic carbocycles. The van der Waals surface area contributed by atoms with Gasteiger partial charge in [-0.2, -0.15) is 0 Å². The number of likely N-dealkylation sites (tertiary alicyclic amines) is 1. The maximum atomic E-state index is 2.63. The van der Waals surface area contributed by atoms with E-state index in [0.717, 1.165) is 6.54 Å². The highest BCUT2D eigenvalue weighted by molar-refractivity contribution is 5.84. The van der Waals surface area contributed by atoms with Crippen LogP contribution in [0.5, 0.6) is 0 Å². The van der Waals surface area contributed by atoms with Gasteiger partial charge in [0, 0.05) is 30.7 Å². The van der Waals surface area contributed by atoms with E-state index in [9.17, 15) is 0 Å². The van der Waals surface area contributed by atoms with Gasteiger partial charge in [0.15, 0.2) is 0 Å². The minimum absolute atomic E-state index is 1.11. The number of fused-ring (bicyclic) bond motifs is 1. The lowest BCUT2D eigenvalue weighted by molar-refractivity contribution is 0.278. The van der Waals surface area contributed by atoms with E-state index in [1.807, 2.05) is 0 Å². The third-order valence-electron chi connectivity index (χ3n) is 4.32. The van der Waals surface area contributed by atoms with Gasteiger partial charge in [0.05, 0.1) is 0 Å². The summed E-state index contributed by atoms with van der Waals surface area (Å²) in [5.74, 6) is 0. The standard InChI is InChI=1S/C17H24N2/c1-14-7-8-17-16(11-14)15(12-18(17)2)13-19-9-5-3-4-6-10-19/h7-8,11-12H,3-6,9-10,13H2,1-2H3. The maximum Gasteiger partial charge on any atom is 0.0481 e. The molecule has 3 rings (SSSR count). The molecule has 0 atom stereocenters. The predicted octanol–water partition coefficient (Wildman–Crippen LogP) is 3.86. The van der Waals surface area contributed by atoms with Gasteiger partial charge >= 0.3 is 0 Å². The SMILES string of the molecule is Cc1ccc2c(c1)c(CN1CCCCCC1)cn2C. The summed E-state index contributed by atoms with van der Waals surface area (Å²) < 4.78 is 2.27. The molecule has 2 aromatic rings. The van der Waals surface area contributed by atoms with Crippen molar-refractivity contribution < 1.29 is 0 Å². The molecule has 2 nitrogen and oxygen atoms in total. The molecule has 0 amide bonds. The first kappa shape index (κ1) is 12.7. The zero-order chi connectivity index (χ0) is 13.2. The minimum Gasteiger partial charge on any atom is -0.350 e. The van der Waals surface area contributed by atoms with E-state index < -0.39 is 0 Å². The molecule has 1 aliphatic rings. The van der Waals surface area contributed by atoms with E-state index >= 15 is 0 Å². The first-order valence-corrected chi connectivity index (χ1v) is 7.51. The van der Waals surface area contributed by atoms with Gasteiger partial charge in [0.25, 0.3) is 0 Å². The molecule has 2 heteroatoms. The quantitative estimate of drug-likeness (QED) is 0.792. The first-order chi connectivity index (χ1) is 9.24. The zero-order valence-corrected chi connectivity index (χ0v) is 12.2. The Kier molecular flexibility index (Phi) is 3.61. The molecule has 2 heterocycles. The number of hydrogen-bond donors (Lipinski definition) is 0. The lowest BCUT2D eigenvalue weighted by Gasteiger charge is -2.19. The van der Waals surface area contributed by atoms with E-state index in [1.165, 1.54) is 60.8 Å².